The second-order valence-corrected chi connectivity index (χ2v) is 5.90. The van der Waals surface area contributed by atoms with Crippen LogP contribution >= 0.6 is 0 Å². The number of carbonyl (C=O) groups is 1. The number of carbonyl (C=O) groups excluding carboxylic acids is 1. The van der Waals surface area contributed by atoms with Gasteiger partial charge in [-0.2, -0.15) is 5.26 Å². The van der Waals surface area contributed by atoms with Gasteiger partial charge in [0.25, 0.3) is 5.91 Å². The molecule has 26 heavy (non-hydrogen) atoms. The van der Waals surface area contributed by atoms with Crippen molar-refractivity contribution >= 4 is 22.5 Å². The average molecular weight is 346 g/mol. The van der Waals surface area contributed by atoms with E-state index in [1.165, 1.54) is 6.92 Å². The molecule has 0 saturated heterocycles. The maximum absolute atomic E-state index is 11.6. The number of benzene rings is 2. The predicted octanol–water partition coefficient (Wildman–Crippen LogP) is 3.70. The van der Waals surface area contributed by atoms with E-state index >= 15 is 0 Å². The standard InChI is InChI=1S/C20H18N4O2/c1-12(25)14(10-21)11-24-15-4-2-3-13(9-15)16-5-6-18(20(22)26)19-17(16)7-8-23-19/h2-9,23-25H,11H2,1H3,(H2,22,26)/b14-12-. The van der Waals surface area contributed by atoms with Gasteiger partial charge in [0.05, 0.1) is 23.2 Å². The average Bonchev–Trinajstić information content (AvgIpc) is 3.10. The van der Waals surface area contributed by atoms with Crippen molar-refractivity contribution in [1.82, 2.24) is 4.98 Å². The van der Waals surface area contributed by atoms with E-state index in [0.29, 0.717) is 11.1 Å². The van der Waals surface area contributed by atoms with Crippen LogP contribution in [0.1, 0.15) is 17.3 Å². The number of aliphatic hydroxyl groups is 1. The van der Waals surface area contributed by atoms with Gasteiger partial charge < -0.3 is 21.1 Å². The van der Waals surface area contributed by atoms with Crippen molar-refractivity contribution in [2.24, 2.45) is 5.73 Å². The number of amides is 1. The van der Waals surface area contributed by atoms with E-state index in [1.807, 2.05) is 42.5 Å². The molecule has 0 fully saturated rings. The van der Waals surface area contributed by atoms with Gasteiger partial charge in [-0.3, -0.25) is 4.79 Å². The number of aromatic nitrogens is 1. The van der Waals surface area contributed by atoms with Crippen molar-refractivity contribution in [3.8, 4) is 17.2 Å². The minimum absolute atomic E-state index is 0.00669. The Morgan fingerprint density at radius 2 is 2.12 bits per heavy atom. The summed E-state index contributed by atoms with van der Waals surface area (Å²) >= 11 is 0. The highest BCUT2D eigenvalue weighted by molar-refractivity contribution is 6.09. The molecule has 0 unspecified atom stereocenters. The van der Waals surface area contributed by atoms with Crippen molar-refractivity contribution in [2.45, 2.75) is 6.92 Å². The second-order valence-electron chi connectivity index (χ2n) is 5.90. The Kier molecular flexibility index (Phi) is 4.63. The van der Waals surface area contributed by atoms with Crippen LogP contribution in [-0.4, -0.2) is 22.5 Å². The summed E-state index contributed by atoms with van der Waals surface area (Å²) in [6.07, 6.45) is 1.77. The second kappa shape index (κ2) is 7.03. The third kappa shape index (κ3) is 3.23. The maximum Gasteiger partial charge on any atom is 0.250 e. The Hall–Kier alpha value is -3.72. The maximum atomic E-state index is 11.6. The number of H-pyrrole nitrogens is 1. The highest BCUT2D eigenvalue weighted by atomic mass is 16.3. The number of allylic oxidation sites excluding steroid dienone is 1. The van der Waals surface area contributed by atoms with Crippen LogP contribution in [0.5, 0.6) is 0 Å². The molecule has 1 aromatic heterocycles. The molecule has 1 heterocycles. The Morgan fingerprint density at radius 1 is 1.31 bits per heavy atom. The summed E-state index contributed by atoms with van der Waals surface area (Å²) in [5.41, 5.74) is 9.62. The molecule has 0 aliphatic rings. The first-order valence-electron chi connectivity index (χ1n) is 8.04. The Morgan fingerprint density at radius 3 is 2.81 bits per heavy atom. The number of aromatic amines is 1. The monoisotopic (exact) mass is 346 g/mol. The summed E-state index contributed by atoms with van der Waals surface area (Å²) in [4.78, 5) is 14.7. The van der Waals surface area contributed by atoms with Crippen LogP contribution in [0.3, 0.4) is 0 Å². The van der Waals surface area contributed by atoms with E-state index in [4.69, 9.17) is 11.0 Å². The first-order chi connectivity index (χ1) is 12.5. The number of nitriles is 1. The highest BCUT2D eigenvalue weighted by Crippen LogP contribution is 2.31. The number of anilines is 1. The van der Waals surface area contributed by atoms with Gasteiger partial charge in [0.1, 0.15) is 11.8 Å². The van der Waals surface area contributed by atoms with Crippen LogP contribution in [0, 0.1) is 11.3 Å². The number of hydrogen-bond donors (Lipinski definition) is 4. The summed E-state index contributed by atoms with van der Waals surface area (Å²) in [7, 11) is 0. The van der Waals surface area contributed by atoms with Crippen LogP contribution in [-0.2, 0) is 0 Å². The predicted molar refractivity (Wildman–Crippen MR) is 102 cm³/mol. The Bertz CT molecular complexity index is 1050. The summed E-state index contributed by atoms with van der Waals surface area (Å²) < 4.78 is 0. The van der Waals surface area contributed by atoms with Gasteiger partial charge in [-0.25, -0.2) is 0 Å². The number of nitrogens with one attached hydrogen (secondary N) is 2. The molecule has 2 aromatic carbocycles. The van der Waals surface area contributed by atoms with Crippen LogP contribution in [0.25, 0.3) is 22.0 Å². The molecule has 3 aromatic rings. The minimum Gasteiger partial charge on any atom is -0.512 e. The molecule has 130 valence electrons. The van der Waals surface area contributed by atoms with Crippen LogP contribution in [0.4, 0.5) is 5.69 Å². The molecule has 5 N–H and O–H groups in total. The first-order valence-corrected chi connectivity index (χ1v) is 8.04. The summed E-state index contributed by atoms with van der Waals surface area (Å²) in [5, 5.41) is 22.5. The lowest BCUT2D eigenvalue weighted by Crippen LogP contribution is -2.11. The van der Waals surface area contributed by atoms with Gasteiger partial charge in [0.2, 0.25) is 0 Å². The number of aliphatic hydroxyl groups excluding tert-OH is 1. The summed E-state index contributed by atoms with van der Waals surface area (Å²) in [6.45, 7) is 1.72. The molecule has 6 nitrogen and oxygen atoms in total. The van der Waals surface area contributed by atoms with E-state index < -0.39 is 5.91 Å². The van der Waals surface area contributed by atoms with Gasteiger partial charge in [-0.15, -0.1) is 0 Å². The fraction of sp³-hybridized carbons (Fsp3) is 0.100. The zero-order valence-corrected chi connectivity index (χ0v) is 14.2. The smallest absolute Gasteiger partial charge is 0.250 e. The van der Waals surface area contributed by atoms with Gasteiger partial charge in [0, 0.05) is 17.3 Å². The molecule has 0 aliphatic heterocycles. The van der Waals surface area contributed by atoms with Crippen LogP contribution < -0.4 is 11.1 Å². The van der Waals surface area contributed by atoms with Gasteiger partial charge in [-0.1, -0.05) is 18.2 Å². The summed E-state index contributed by atoms with van der Waals surface area (Å²) in [6, 6.07) is 15.2. The molecule has 0 aliphatic carbocycles. The highest BCUT2D eigenvalue weighted by Gasteiger charge is 2.12. The minimum atomic E-state index is -0.477. The zero-order chi connectivity index (χ0) is 18.7. The first kappa shape index (κ1) is 17.1. The molecule has 1 amide bonds. The SMILES string of the molecule is C/C(O)=C(\C#N)CNc1cccc(-c2ccc(C(N)=O)c3[nH]ccc23)c1. The Balaban J connectivity index is 1.97. The Labute approximate surface area is 150 Å². The molecular weight excluding hydrogens is 328 g/mol. The molecule has 0 atom stereocenters. The number of hydrogen-bond acceptors (Lipinski definition) is 4. The van der Waals surface area contributed by atoms with Crippen molar-refractivity contribution in [3.63, 3.8) is 0 Å². The van der Waals surface area contributed by atoms with E-state index in [-0.39, 0.29) is 17.9 Å². The lowest BCUT2D eigenvalue weighted by molar-refractivity contribution is 0.100. The van der Waals surface area contributed by atoms with Crippen LogP contribution in [0.15, 0.2) is 60.0 Å². The molecule has 6 heteroatoms. The topological polar surface area (TPSA) is 115 Å². The molecule has 0 saturated carbocycles. The molecule has 0 radical (unpaired) electrons. The molecule has 3 rings (SSSR count). The lowest BCUT2D eigenvalue weighted by Gasteiger charge is -2.10. The number of nitrogens with two attached hydrogens (primary N) is 1. The van der Waals surface area contributed by atoms with E-state index in [9.17, 15) is 9.90 Å². The van der Waals surface area contributed by atoms with Gasteiger partial charge >= 0.3 is 0 Å². The van der Waals surface area contributed by atoms with E-state index in [2.05, 4.69) is 10.3 Å². The van der Waals surface area contributed by atoms with Crippen LogP contribution in [0.2, 0.25) is 0 Å². The fourth-order valence-corrected chi connectivity index (χ4v) is 2.85. The zero-order valence-electron chi connectivity index (χ0n) is 14.2. The third-order valence-electron chi connectivity index (χ3n) is 4.20. The number of fused-ring (bicyclic) bond motifs is 1. The lowest BCUT2D eigenvalue weighted by atomic mass is 9.98. The van der Waals surface area contributed by atoms with Crippen molar-refractivity contribution in [3.05, 3.63) is 65.6 Å². The fourth-order valence-electron chi connectivity index (χ4n) is 2.85. The van der Waals surface area contributed by atoms with Gasteiger partial charge in [0.15, 0.2) is 0 Å². The molecule has 0 bridgehead atoms. The molecule has 0 spiro atoms. The van der Waals surface area contributed by atoms with Gasteiger partial charge in [-0.05, 0) is 42.3 Å². The molecular formula is C20H18N4O2. The van der Waals surface area contributed by atoms with Crippen molar-refractivity contribution in [1.29, 1.82) is 5.26 Å². The van der Waals surface area contributed by atoms with E-state index in [1.54, 1.807) is 12.3 Å². The number of primary amides is 1. The normalized spacial score (nSPS) is 11.7. The summed E-state index contributed by atoms with van der Waals surface area (Å²) in [5.74, 6) is -0.471. The largest absolute Gasteiger partial charge is 0.512 e. The number of rotatable bonds is 5. The van der Waals surface area contributed by atoms with E-state index in [0.717, 1.165) is 22.2 Å². The van der Waals surface area contributed by atoms with Crippen molar-refractivity contribution < 1.29 is 9.90 Å². The number of nitrogens with zero attached hydrogens (tertiary/aromatic N) is 1. The third-order valence-corrected chi connectivity index (χ3v) is 4.20. The quantitative estimate of drug-likeness (QED) is 0.416. The van der Waals surface area contributed by atoms with Crippen molar-refractivity contribution in [2.75, 3.05) is 11.9 Å².